The van der Waals surface area contributed by atoms with Crippen molar-refractivity contribution in [3.05, 3.63) is 29.3 Å². The lowest BCUT2D eigenvalue weighted by Gasteiger charge is -2.53. The van der Waals surface area contributed by atoms with Crippen LogP contribution < -0.4 is 10.6 Å². The van der Waals surface area contributed by atoms with Gasteiger partial charge >= 0.3 is 0 Å². The first kappa shape index (κ1) is 17.4. The summed E-state index contributed by atoms with van der Waals surface area (Å²) in [4.78, 5) is 50.8. The Morgan fingerprint density at radius 1 is 1.18 bits per heavy atom. The van der Waals surface area contributed by atoms with Crippen molar-refractivity contribution in [1.29, 1.82) is 0 Å². The van der Waals surface area contributed by atoms with Crippen molar-refractivity contribution in [2.24, 2.45) is 11.3 Å². The molecule has 1 aromatic rings. The SMILES string of the molecule is O=C1CCC(N2Cc3cccc(NC(=O)C4CC5(CCC5)C4)c3C2=O)C(=O)N1. The summed E-state index contributed by atoms with van der Waals surface area (Å²) in [6, 6.07) is 4.78. The van der Waals surface area contributed by atoms with Gasteiger partial charge in [0.05, 0.1) is 11.3 Å². The number of nitrogens with zero attached hydrogens (tertiary/aromatic N) is 1. The summed E-state index contributed by atoms with van der Waals surface area (Å²) in [5.74, 6) is -0.979. The smallest absolute Gasteiger partial charge is 0.257 e. The van der Waals surface area contributed by atoms with Gasteiger partial charge in [-0.3, -0.25) is 24.5 Å². The van der Waals surface area contributed by atoms with E-state index in [9.17, 15) is 19.2 Å². The highest BCUT2D eigenvalue weighted by molar-refractivity contribution is 6.09. The number of imide groups is 1. The van der Waals surface area contributed by atoms with Crippen LogP contribution in [0.5, 0.6) is 0 Å². The maximum atomic E-state index is 13.0. The fraction of sp³-hybridized carbons (Fsp3) is 0.524. The fourth-order valence-electron chi connectivity index (χ4n) is 5.21. The molecule has 1 unspecified atom stereocenters. The predicted octanol–water partition coefficient (Wildman–Crippen LogP) is 1.97. The predicted molar refractivity (Wildman–Crippen MR) is 100 cm³/mol. The highest BCUT2D eigenvalue weighted by Gasteiger charge is 2.50. The highest BCUT2D eigenvalue weighted by Crippen LogP contribution is 2.58. The van der Waals surface area contributed by atoms with Gasteiger partial charge in [-0.1, -0.05) is 18.6 Å². The molecule has 1 atom stereocenters. The van der Waals surface area contributed by atoms with Crippen molar-refractivity contribution >= 4 is 29.3 Å². The molecule has 28 heavy (non-hydrogen) atoms. The summed E-state index contributed by atoms with van der Waals surface area (Å²) in [7, 11) is 0. The Balaban J connectivity index is 1.32. The van der Waals surface area contributed by atoms with Crippen LogP contribution >= 0.6 is 0 Å². The van der Waals surface area contributed by atoms with E-state index in [1.54, 1.807) is 6.07 Å². The first-order chi connectivity index (χ1) is 13.5. The number of benzene rings is 1. The topological polar surface area (TPSA) is 95.6 Å². The molecule has 0 aromatic heterocycles. The Kier molecular flexibility index (Phi) is 3.82. The molecule has 1 saturated heterocycles. The second-order valence-corrected chi connectivity index (χ2v) is 8.69. The van der Waals surface area contributed by atoms with E-state index in [-0.39, 0.29) is 30.1 Å². The summed E-state index contributed by atoms with van der Waals surface area (Å²) in [5.41, 5.74) is 2.21. The van der Waals surface area contributed by atoms with Gasteiger partial charge in [0.2, 0.25) is 17.7 Å². The average Bonchev–Trinajstić information content (AvgIpc) is 2.90. The number of rotatable bonds is 3. The molecule has 2 heterocycles. The molecule has 2 aliphatic heterocycles. The number of hydrogen-bond acceptors (Lipinski definition) is 4. The number of hydrogen-bond donors (Lipinski definition) is 2. The third-order valence-electron chi connectivity index (χ3n) is 6.95. The molecular weight excluding hydrogens is 358 g/mol. The molecule has 0 bridgehead atoms. The van der Waals surface area contributed by atoms with Crippen LogP contribution in [0.2, 0.25) is 0 Å². The third kappa shape index (κ3) is 2.64. The van der Waals surface area contributed by atoms with Crippen molar-refractivity contribution in [1.82, 2.24) is 10.2 Å². The van der Waals surface area contributed by atoms with Crippen molar-refractivity contribution in [3.63, 3.8) is 0 Å². The summed E-state index contributed by atoms with van der Waals surface area (Å²) in [5, 5.41) is 5.27. The first-order valence-electron chi connectivity index (χ1n) is 10.0. The van der Waals surface area contributed by atoms with Crippen LogP contribution in [0.15, 0.2) is 18.2 Å². The van der Waals surface area contributed by atoms with Crippen LogP contribution in [0.3, 0.4) is 0 Å². The van der Waals surface area contributed by atoms with Gasteiger partial charge in [0.1, 0.15) is 6.04 Å². The summed E-state index contributed by atoms with van der Waals surface area (Å²) >= 11 is 0. The number of fused-ring (bicyclic) bond motifs is 1. The number of anilines is 1. The molecule has 2 aliphatic carbocycles. The van der Waals surface area contributed by atoms with E-state index in [0.29, 0.717) is 29.6 Å². The van der Waals surface area contributed by atoms with Crippen LogP contribution in [0.25, 0.3) is 0 Å². The van der Waals surface area contributed by atoms with E-state index in [2.05, 4.69) is 10.6 Å². The fourth-order valence-corrected chi connectivity index (χ4v) is 5.21. The molecule has 2 saturated carbocycles. The Hall–Kier alpha value is -2.70. The molecule has 5 rings (SSSR count). The molecule has 0 radical (unpaired) electrons. The maximum absolute atomic E-state index is 13.0. The van der Waals surface area contributed by atoms with Crippen molar-refractivity contribution in [2.45, 2.75) is 57.5 Å². The lowest BCUT2D eigenvalue weighted by atomic mass is 9.51. The second kappa shape index (κ2) is 6.15. The van der Waals surface area contributed by atoms with Crippen LogP contribution in [0.1, 0.15) is 60.9 Å². The van der Waals surface area contributed by atoms with Gasteiger partial charge in [0.15, 0.2) is 0 Å². The first-order valence-corrected chi connectivity index (χ1v) is 10.0. The molecule has 1 spiro atoms. The molecule has 4 amide bonds. The Bertz CT molecular complexity index is 897. The van der Waals surface area contributed by atoms with Crippen molar-refractivity contribution < 1.29 is 19.2 Å². The van der Waals surface area contributed by atoms with Crippen LogP contribution in [0, 0.1) is 11.3 Å². The van der Waals surface area contributed by atoms with Gasteiger partial charge in [-0.2, -0.15) is 0 Å². The molecule has 1 aromatic carbocycles. The minimum atomic E-state index is -0.647. The van der Waals surface area contributed by atoms with Gasteiger partial charge in [-0.25, -0.2) is 0 Å². The van der Waals surface area contributed by atoms with Crippen molar-refractivity contribution in [2.75, 3.05) is 5.32 Å². The number of piperidine rings is 1. The summed E-state index contributed by atoms with van der Waals surface area (Å²) in [6.07, 6.45) is 6.19. The molecular formula is C21H23N3O4. The molecule has 7 nitrogen and oxygen atoms in total. The Labute approximate surface area is 162 Å². The largest absolute Gasteiger partial charge is 0.325 e. The zero-order valence-corrected chi connectivity index (χ0v) is 15.6. The average molecular weight is 381 g/mol. The van der Waals surface area contributed by atoms with Crippen LogP contribution in [-0.2, 0) is 20.9 Å². The lowest BCUT2D eigenvalue weighted by molar-refractivity contribution is -0.137. The van der Waals surface area contributed by atoms with Gasteiger partial charge < -0.3 is 10.2 Å². The van der Waals surface area contributed by atoms with E-state index in [1.807, 2.05) is 12.1 Å². The Morgan fingerprint density at radius 2 is 1.96 bits per heavy atom. The van der Waals surface area contributed by atoms with E-state index in [1.165, 1.54) is 24.2 Å². The third-order valence-corrected chi connectivity index (χ3v) is 6.95. The molecule has 2 N–H and O–H groups in total. The molecule has 4 aliphatic rings. The normalized spacial score (nSPS) is 25.8. The van der Waals surface area contributed by atoms with Crippen molar-refractivity contribution in [3.8, 4) is 0 Å². The second-order valence-electron chi connectivity index (χ2n) is 8.69. The quantitative estimate of drug-likeness (QED) is 0.783. The standard InChI is InChI=1S/C21H23N3O4/c25-16-6-5-15(19(27)23-16)24-11-12-3-1-4-14(17(12)20(24)28)22-18(26)13-9-21(10-13)7-2-8-21/h1,3-4,13,15H,2,5-11H2,(H,22,26)(H,23,25,27). The minimum absolute atomic E-state index is 0.0156. The number of carbonyl (C=O) groups excluding carboxylic acids is 4. The molecule has 146 valence electrons. The van der Waals surface area contributed by atoms with Crippen LogP contribution in [-0.4, -0.2) is 34.6 Å². The summed E-state index contributed by atoms with van der Waals surface area (Å²) in [6.45, 7) is 0.316. The van der Waals surface area contributed by atoms with E-state index in [4.69, 9.17) is 0 Å². The lowest BCUT2D eigenvalue weighted by Crippen LogP contribution is -2.52. The van der Waals surface area contributed by atoms with Gasteiger partial charge in [-0.05, 0) is 49.1 Å². The molecule has 3 fully saturated rings. The summed E-state index contributed by atoms with van der Waals surface area (Å²) < 4.78 is 0. The molecule has 7 heteroatoms. The Morgan fingerprint density at radius 3 is 2.64 bits per heavy atom. The number of carbonyl (C=O) groups is 4. The van der Waals surface area contributed by atoms with E-state index in [0.717, 1.165) is 18.4 Å². The zero-order valence-electron chi connectivity index (χ0n) is 15.6. The maximum Gasteiger partial charge on any atom is 0.257 e. The highest BCUT2D eigenvalue weighted by atomic mass is 16.2. The number of nitrogens with one attached hydrogen (secondary N) is 2. The van der Waals surface area contributed by atoms with Gasteiger partial charge in [-0.15, -0.1) is 0 Å². The van der Waals surface area contributed by atoms with E-state index < -0.39 is 11.9 Å². The zero-order chi connectivity index (χ0) is 19.5. The minimum Gasteiger partial charge on any atom is -0.325 e. The van der Waals surface area contributed by atoms with Gasteiger partial charge in [0.25, 0.3) is 5.91 Å². The van der Waals surface area contributed by atoms with Crippen LogP contribution in [0.4, 0.5) is 5.69 Å². The number of amides is 4. The van der Waals surface area contributed by atoms with E-state index >= 15 is 0 Å². The monoisotopic (exact) mass is 381 g/mol. The van der Waals surface area contributed by atoms with Gasteiger partial charge in [0, 0.05) is 18.9 Å².